The fourth-order valence-electron chi connectivity index (χ4n) is 5.65. The lowest BCUT2D eigenvalue weighted by Crippen LogP contribution is -2.42. The molecule has 0 aromatic heterocycles. The highest BCUT2D eigenvalue weighted by Crippen LogP contribution is 2.54. The van der Waals surface area contributed by atoms with Gasteiger partial charge in [0.2, 0.25) is 5.91 Å². The molecule has 1 amide bonds. The van der Waals surface area contributed by atoms with Gasteiger partial charge >= 0.3 is 0 Å². The van der Waals surface area contributed by atoms with E-state index in [1.165, 1.54) is 17.5 Å². The van der Waals surface area contributed by atoms with Crippen molar-refractivity contribution in [3.8, 4) is 0 Å². The number of carbonyl (C=O) groups excluding carboxylic acids is 1. The molecule has 4 nitrogen and oxygen atoms in total. The van der Waals surface area contributed by atoms with E-state index in [9.17, 15) is 4.79 Å². The second-order valence-corrected chi connectivity index (χ2v) is 9.62. The summed E-state index contributed by atoms with van der Waals surface area (Å²) in [5, 5.41) is 3.22. The van der Waals surface area contributed by atoms with Gasteiger partial charge < -0.3 is 10.1 Å². The quantitative estimate of drug-likeness (QED) is 0.838. The molecule has 1 saturated carbocycles. The molecule has 1 aliphatic carbocycles. The van der Waals surface area contributed by atoms with Gasteiger partial charge in [-0.05, 0) is 42.7 Å². The van der Waals surface area contributed by atoms with E-state index in [0.29, 0.717) is 29.8 Å². The van der Waals surface area contributed by atoms with Gasteiger partial charge in [0.05, 0.1) is 11.7 Å². The van der Waals surface area contributed by atoms with Crippen molar-refractivity contribution in [3.63, 3.8) is 0 Å². The van der Waals surface area contributed by atoms with Crippen LogP contribution < -0.4 is 5.32 Å². The van der Waals surface area contributed by atoms with Crippen LogP contribution in [0.15, 0.2) is 24.3 Å². The van der Waals surface area contributed by atoms with E-state index in [1.807, 2.05) is 0 Å². The van der Waals surface area contributed by atoms with Crippen LogP contribution in [0.25, 0.3) is 0 Å². The molecule has 146 valence electrons. The Morgan fingerprint density at radius 3 is 2.74 bits per heavy atom. The molecule has 4 aliphatic rings. The number of hydrogen-bond acceptors (Lipinski definition) is 3. The van der Waals surface area contributed by atoms with Crippen molar-refractivity contribution < 1.29 is 9.53 Å². The summed E-state index contributed by atoms with van der Waals surface area (Å²) < 4.78 is 6.53. The molecule has 4 atom stereocenters. The van der Waals surface area contributed by atoms with Crippen molar-refractivity contribution in [2.75, 3.05) is 19.6 Å². The van der Waals surface area contributed by atoms with Gasteiger partial charge in [-0.25, -0.2) is 0 Å². The van der Waals surface area contributed by atoms with Crippen molar-refractivity contribution in [2.24, 2.45) is 17.8 Å². The lowest BCUT2D eigenvalue weighted by atomic mass is 9.73. The highest BCUT2D eigenvalue weighted by Gasteiger charge is 2.62. The number of benzene rings is 1. The van der Waals surface area contributed by atoms with E-state index < -0.39 is 0 Å². The summed E-state index contributed by atoms with van der Waals surface area (Å²) in [5.74, 6) is 2.22. The smallest absolute Gasteiger partial charge is 0.223 e. The van der Waals surface area contributed by atoms with Gasteiger partial charge in [-0.1, -0.05) is 38.1 Å². The lowest BCUT2D eigenvalue weighted by Gasteiger charge is -2.29. The average molecular weight is 369 g/mol. The first-order chi connectivity index (χ1) is 13.0. The summed E-state index contributed by atoms with van der Waals surface area (Å²) >= 11 is 0. The van der Waals surface area contributed by atoms with E-state index in [1.54, 1.807) is 0 Å². The van der Waals surface area contributed by atoms with Gasteiger partial charge in [0.15, 0.2) is 0 Å². The van der Waals surface area contributed by atoms with Crippen LogP contribution in [0.3, 0.4) is 0 Å². The molecule has 1 aromatic rings. The summed E-state index contributed by atoms with van der Waals surface area (Å²) in [7, 11) is 0. The van der Waals surface area contributed by atoms with Gasteiger partial charge in [-0.15, -0.1) is 0 Å². The van der Waals surface area contributed by atoms with Crippen LogP contribution in [-0.2, 0) is 16.1 Å². The van der Waals surface area contributed by atoms with Crippen LogP contribution in [-0.4, -0.2) is 42.1 Å². The summed E-state index contributed by atoms with van der Waals surface area (Å²) in [6, 6.07) is 9.11. The molecule has 4 fully saturated rings. The molecule has 27 heavy (non-hydrogen) atoms. The molecule has 1 spiro atoms. The Bertz CT molecular complexity index is 712. The fourth-order valence-corrected chi connectivity index (χ4v) is 5.65. The predicted molar refractivity (Wildman–Crippen MR) is 105 cm³/mol. The normalized spacial score (nSPS) is 35.0. The van der Waals surface area contributed by atoms with E-state index in [4.69, 9.17) is 4.74 Å². The molecular weight excluding hydrogens is 336 g/mol. The highest BCUT2D eigenvalue weighted by atomic mass is 16.5. The Morgan fingerprint density at radius 1 is 1.26 bits per heavy atom. The number of nitrogens with zero attached hydrogens (tertiary/aromatic N) is 1. The van der Waals surface area contributed by atoms with Crippen LogP contribution >= 0.6 is 0 Å². The van der Waals surface area contributed by atoms with Crippen LogP contribution in [0.2, 0.25) is 0 Å². The fraction of sp³-hybridized carbons (Fsp3) is 0.696. The van der Waals surface area contributed by atoms with Gasteiger partial charge in [-0.2, -0.15) is 0 Å². The maximum absolute atomic E-state index is 12.1. The Morgan fingerprint density at radius 2 is 2.04 bits per heavy atom. The monoisotopic (exact) mass is 368 g/mol. The first kappa shape index (κ1) is 17.7. The molecule has 0 radical (unpaired) electrons. The summed E-state index contributed by atoms with van der Waals surface area (Å²) in [5.41, 5.74) is 2.85. The number of nitrogens with one attached hydrogen (secondary N) is 1. The van der Waals surface area contributed by atoms with Crippen molar-refractivity contribution in [2.45, 2.75) is 63.7 Å². The summed E-state index contributed by atoms with van der Waals surface area (Å²) in [4.78, 5) is 14.7. The molecule has 3 saturated heterocycles. The van der Waals surface area contributed by atoms with Crippen LogP contribution in [0.5, 0.6) is 0 Å². The number of rotatable bonds is 6. The number of hydrogen-bond donors (Lipinski definition) is 1. The maximum atomic E-state index is 12.1. The minimum absolute atomic E-state index is 0.0531. The second kappa shape index (κ2) is 6.59. The summed E-state index contributed by atoms with van der Waals surface area (Å²) in [6.45, 7) is 8.45. The maximum Gasteiger partial charge on any atom is 0.223 e. The number of likely N-dealkylation sites (tertiary alicyclic amines) is 1. The molecule has 1 N–H and O–H groups in total. The lowest BCUT2D eigenvalue weighted by molar-refractivity contribution is -0.122. The van der Waals surface area contributed by atoms with Gasteiger partial charge in [-0.3, -0.25) is 9.69 Å². The second-order valence-electron chi connectivity index (χ2n) is 9.62. The first-order valence-corrected chi connectivity index (χ1v) is 10.8. The van der Waals surface area contributed by atoms with Crippen LogP contribution in [0.4, 0.5) is 0 Å². The van der Waals surface area contributed by atoms with E-state index >= 15 is 0 Å². The topological polar surface area (TPSA) is 41.6 Å². The number of ether oxygens (including phenoxy) is 1. The van der Waals surface area contributed by atoms with Gasteiger partial charge in [0.25, 0.3) is 0 Å². The zero-order valence-electron chi connectivity index (χ0n) is 16.6. The molecular formula is C23H32N2O2. The predicted octanol–water partition coefficient (Wildman–Crippen LogP) is 3.32. The molecule has 0 unspecified atom stereocenters. The zero-order valence-corrected chi connectivity index (χ0v) is 16.6. The van der Waals surface area contributed by atoms with E-state index in [-0.39, 0.29) is 11.5 Å². The zero-order chi connectivity index (χ0) is 18.6. The molecule has 1 aromatic carbocycles. The van der Waals surface area contributed by atoms with E-state index in [2.05, 4.69) is 48.3 Å². The van der Waals surface area contributed by atoms with E-state index in [0.717, 1.165) is 45.4 Å². The van der Waals surface area contributed by atoms with Crippen LogP contribution in [0, 0.1) is 17.8 Å². The molecule has 4 heteroatoms. The minimum Gasteiger partial charge on any atom is -0.370 e. The number of fused-ring (bicyclic) bond motifs is 1. The SMILES string of the molecule is CC(C)c1ccc(CN2C[C@@H]3[C@H](CNC(=O)C4CC4)[C@H]4CC[C@]3(C2)O4)cc1. The first-order valence-electron chi connectivity index (χ1n) is 10.8. The third kappa shape index (κ3) is 3.21. The van der Waals surface area contributed by atoms with Crippen molar-refractivity contribution in [3.05, 3.63) is 35.4 Å². The number of carbonyl (C=O) groups is 1. The van der Waals surface area contributed by atoms with Gasteiger partial charge in [0.1, 0.15) is 0 Å². The van der Waals surface area contributed by atoms with Gasteiger partial charge in [0, 0.05) is 43.9 Å². The van der Waals surface area contributed by atoms with Crippen molar-refractivity contribution >= 4 is 5.91 Å². The Kier molecular flexibility index (Phi) is 4.32. The third-order valence-corrected chi connectivity index (χ3v) is 7.37. The molecule has 5 rings (SSSR count). The van der Waals surface area contributed by atoms with Crippen molar-refractivity contribution in [1.82, 2.24) is 10.2 Å². The van der Waals surface area contributed by atoms with Crippen molar-refractivity contribution in [1.29, 1.82) is 0 Å². The largest absolute Gasteiger partial charge is 0.370 e. The Balaban J connectivity index is 1.23. The molecule has 3 aliphatic heterocycles. The van der Waals surface area contributed by atoms with Crippen LogP contribution in [0.1, 0.15) is 56.6 Å². The third-order valence-electron chi connectivity index (χ3n) is 7.37. The standard InChI is InChI=1S/C23H32N2O2/c1-15(2)17-5-3-16(4-6-17)12-25-13-20-19(11-24-22(26)18-7-8-18)21-9-10-23(20,14-25)27-21/h3-6,15,18-21H,7-14H2,1-2H3,(H,24,26)/t19-,20+,21+,23+/m0/s1. The number of amides is 1. The molecule has 3 heterocycles. The minimum atomic E-state index is 0.0531. The molecule has 2 bridgehead atoms. The summed E-state index contributed by atoms with van der Waals surface area (Å²) in [6.07, 6.45) is 4.87. The highest BCUT2D eigenvalue weighted by molar-refractivity contribution is 5.80. The Labute approximate surface area is 162 Å². The average Bonchev–Trinajstić information content (AvgIpc) is 3.25. The Hall–Kier alpha value is -1.39.